The Morgan fingerprint density at radius 1 is 0.860 bits per heavy atom. The highest BCUT2D eigenvalue weighted by Crippen LogP contribution is 2.06. The van der Waals surface area contributed by atoms with Crippen LogP contribution >= 0.6 is 0 Å². The number of H-pyrrole nitrogens is 1. The first-order valence-corrected chi connectivity index (χ1v) is 15.1. The molecule has 1 rings (SSSR count). The van der Waals surface area contributed by atoms with E-state index in [2.05, 4.69) is 41.5 Å². The number of carbonyl (C=O) groups excluding carboxylic acids is 6. The van der Waals surface area contributed by atoms with Crippen LogP contribution in [0.3, 0.4) is 0 Å². The molecule has 1 heterocycles. The summed E-state index contributed by atoms with van der Waals surface area (Å²) in [6.45, 7) is 0.592. The number of nitrogens with zero attached hydrogens (tertiary/aromatic N) is 2. The largest absolute Gasteiger partial charge is 0.481 e. The van der Waals surface area contributed by atoms with E-state index in [1.807, 2.05) is 0 Å². The number of guanidine groups is 1. The first kappa shape index (κ1) is 42.2. The van der Waals surface area contributed by atoms with E-state index < -0.39 is 110 Å². The number of aliphatic imine (C=N–C) groups is 1. The summed E-state index contributed by atoms with van der Waals surface area (Å²) in [5.41, 5.74) is 21.6. The molecule has 0 unspecified atom stereocenters. The SMILES string of the molecule is C[C@@H](O)[C@H](N)C(=O)NCC(=O)N[C@@H](CCC(=O)O)C(=O)N[C@@H](CC(N)=O)C(=O)N[C@@H](Cc1cnc[nH]1)C(=O)N[C@@H](CCCN=C(N)N)C(=O)O. The van der Waals surface area contributed by atoms with Gasteiger partial charge in [0, 0.05) is 31.3 Å². The first-order chi connectivity index (χ1) is 23.4. The molecule has 6 atom stereocenters. The number of carbonyl (C=O) groups is 8. The molecule has 278 valence electrons. The Balaban J connectivity index is 3.17. The van der Waals surface area contributed by atoms with Gasteiger partial charge in [0.2, 0.25) is 35.4 Å². The average Bonchev–Trinajstić information content (AvgIpc) is 3.54. The van der Waals surface area contributed by atoms with Crippen LogP contribution in [-0.4, -0.2) is 128 Å². The highest BCUT2D eigenvalue weighted by Gasteiger charge is 2.33. The van der Waals surface area contributed by atoms with Gasteiger partial charge in [-0.3, -0.25) is 38.6 Å². The number of primary amides is 1. The number of nitrogens with one attached hydrogen (secondary N) is 6. The van der Waals surface area contributed by atoms with Gasteiger partial charge in [-0.2, -0.15) is 0 Å². The van der Waals surface area contributed by atoms with Gasteiger partial charge >= 0.3 is 11.9 Å². The van der Waals surface area contributed by atoms with Gasteiger partial charge in [-0.1, -0.05) is 0 Å². The maximum Gasteiger partial charge on any atom is 0.326 e. The van der Waals surface area contributed by atoms with Crippen LogP contribution in [0.2, 0.25) is 0 Å². The second-order valence-corrected chi connectivity index (χ2v) is 11.0. The van der Waals surface area contributed by atoms with Crippen LogP contribution in [0, 0.1) is 0 Å². The molecule has 0 fully saturated rings. The van der Waals surface area contributed by atoms with Crippen LogP contribution in [0.15, 0.2) is 17.5 Å². The van der Waals surface area contributed by atoms with Gasteiger partial charge in [0.1, 0.15) is 30.2 Å². The maximum atomic E-state index is 13.4. The van der Waals surface area contributed by atoms with Crippen molar-refractivity contribution in [3.63, 3.8) is 0 Å². The van der Waals surface area contributed by atoms with Gasteiger partial charge in [-0.15, -0.1) is 0 Å². The lowest BCUT2D eigenvalue weighted by Crippen LogP contribution is -2.59. The second-order valence-electron chi connectivity index (χ2n) is 11.0. The summed E-state index contributed by atoms with van der Waals surface area (Å²) in [7, 11) is 0. The smallest absolute Gasteiger partial charge is 0.326 e. The maximum absolute atomic E-state index is 13.4. The lowest BCUT2D eigenvalue weighted by atomic mass is 10.1. The lowest BCUT2D eigenvalue weighted by molar-refractivity contribution is -0.142. The number of aromatic amines is 1. The van der Waals surface area contributed by atoms with E-state index in [0.717, 1.165) is 0 Å². The molecule has 1 aromatic rings. The Bertz CT molecular complexity index is 1380. The fraction of sp³-hybridized carbons (Fsp3) is 0.556. The van der Waals surface area contributed by atoms with Crippen molar-refractivity contribution in [1.29, 1.82) is 0 Å². The Morgan fingerprint density at radius 3 is 2.00 bits per heavy atom. The number of carboxylic acid groups (broad SMARTS) is 2. The third-order valence-corrected chi connectivity index (χ3v) is 6.75. The monoisotopic (exact) mass is 712 g/mol. The minimum absolute atomic E-state index is 0.0739. The van der Waals surface area contributed by atoms with Crippen molar-refractivity contribution in [3.05, 3.63) is 18.2 Å². The summed E-state index contributed by atoms with van der Waals surface area (Å²) >= 11 is 0. The zero-order valence-corrected chi connectivity index (χ0v) is 27.1. The van der Waals surface area contributed by atoms with Gasteiger partial charge in [-0.05, 0) is 26.2 Å². The summed E-state index contributed by atoms with van der Waals surface area (Å²) in [6.07, 6.45) is -0.755. The predicted molar refractivity (Wildman–Crippen MR) is 171 cm³/mol. The number of aromatic nitrogens is 2. The highest BCUT2D eigenvalue weighted by molar-refractivity contribution is 5.97. The molecule has 0 aliphatic rings. The van der Waals surface area contributed by atoms with Gasteiger partial charge in [0.15, 0.2) is 5.96 Å². The minimum atomic E-state index is -1.76. The predicted octanol–water partition coefficient (Wildman–Crippen LogP) is -6.41. The van der Waals surface area contributed by atoms with Gasteiger partial charge in [-0.25, -0.2) is 9.78 Å². The Labute approximate surface area is 284 Å². The van der Waals surface area contributed by atoms with Crippen molar-refractivity contribution in [1.82, 2.24) is 36.6 Å². The van der Waals surface area contributed by atoms with E-state index in [9.17, 15) is 48.6 Å². The first-order valence-electron chi connectivity index (χ1n) is 15.1. The molecule has 0 saturated heterocycles. The average molecular weight is 713 g/mol. The van der Waals surface area contributed by atoms with Crippen LogP contribution in [0.4, 0.5) is 0 Å². The third-order valence-electron chi connectivity index (χ3n) is 6.75. The molecule has 1 aromatic heterocycles. The molecule has 23 heteroatoms. The number of imidazole rings is 1. The summed E-state index contributed by atoms with van der Waals surface area (Å²) in [4.78, 5) is 110. The molecule has 0 aliphatic heterocycles. The molecule has 0 radical (unpaired) electrons. The van der Waals surface area contributed by atoms with Crippen LogP contribution in [0.5, 0.6) is 0 Å². The summed E-state index contributed by atoms with van der Waals surface area (Å²) in [6, 6.07) is -7.66. The van der Waals surface area contributed by atoms with E-state index in [1.54, 1.807) is 0 Å². The second kappa shape index (κ2) is 21.2. The van der Waals surface area contributed by atoms with Gasteiger partial charge in [0.25, 0.3) is 0 Å². The van der Waals surface area contributed by atoms with Crippen molar-refractivity contribution >= 4 is 53.3 Å². The number of amides is 6. The van der Waals surface area contributed by atoms with Crippen molar-refractivity contribution in [3.8, 4) is 0 Å². The number of aliphatic carboxylic acids is 2. The van der Waals surface area contributed by atoms with Gasteiger partial charge < -0.3 is 69.8 Å². The third kappa shape index (κ3) is 16.3. The van der Waals surface area contributed by atoms with Crippen LogP contribution in [-0.2, 0) is 44.8 Å². The van der Waals surface area contributed by atoms with E-state index in [1.165, 1.54) is 19.4 Å². The van der Waals surface area contributed by atoms with Crippen molar-refractivity contribution < 1.29 is 53.7 Å². The normalized spacial score (nSPS) is 14.3. The topological polar surface area (TPSA) is 403 Å². The van der Waals surface area contributed by atoms with E-state index in [0.29, 0.717) is 5.69 Å². The number of aliphatic hydroxyl groups excluding tert-OH is 1. The molecule has 23 nitrogen and oxygen atoms in total. The highest BCUT2D eigenvalue weighted by atomic mass is 16.4. The quantitative estimate of drug-likeness (QED) is 0.0285. The molecule has 6 amide bonds. The number of rotatable bonds is 23. The number of hydrogen-bond acceptors (Lipinski definition) is 12. The number of aliphatic hydroxyl groups is 1. The Kier molecular flexibility index (Phi) is 17.9. The van der Waals surface area contributed by atoms with E-state index >= 15 is 0 Å². The standard InChI is InChI=1S/C27H44N12O11/c1-12(40)21(29)25(48)34-10-19(42)36-14(4-5-20(43)44)22(45)39-17(8-18(28)41)24(47)38-16(7-13-9-32-11-35-13)23(46)37-15(26(49)50)3-2-6-33-27(30)31/h9,11-12,14-17,21,40H,2-8,10,29H2,1H3,(H2,28,41)(H,32,35)(H,34,48)(H,36,42)(H,37,46)(H,38,47)(H,39,45)(H,43,44)(H,49,50)(H4,30,31,33)/t12-,14+,15+,16+,17+,21+/m1/s1. The number of carboxylic acids is 2. The molecule has 0 aromatic carbocycles. The summed E-state index contributed by atoms with van der Waals surface area (Å²) in [5.74, 6) is -9.11. The van der Waals surface area contributed by atoms with Gasteiger partial charge in [0.05, 0.1) is 25.4 Å². The summed E-state index contributed by atoms with van der Waals surface area (Å²) in [5, 5.41) is 39.4. The minimum Gasteiger partial charge on any atom is -0.481 e. The number of nitrogens with two attached hydrogens (primary N) is 4. The number of hydrogen-bond donors (Lipinski definition) is 13. The molecular formula is C27H44N12O11. The fourth-order valence-corrected chi connectivity index (χ4v) is 4.10. The van der Waals surface area contributed by atoms with Crippen LogP contribution < -0.4 is 49.5 Å². The molecule has 17 N–H and O–H groups in total. The lowest BCUT2D eigenvalue weighted by Gasteiger charge is -2.25. The van der Waals surface area contributed by atoms with Crippen molar-refractivity contribution in [2.45, 2.75) is 81.8 Å². The fourth-order valence-electron chi connectivity index (χ4n) is 4.10. The molecule has 50 heavy (non-hydrogen) atoms. The molecule has 0 saturated carbocycles. The van der Waals surface area contributed by atoms with Crippen LogP contribution in [0.25, 0.3) is 0 Å². The van der Waals surface area contributed by atoms with E-state index in [4.69, 9.17) is 28.0 Å². The molecule has 0 aliphatic carbocycles. The zero-order chi connectivity index (χ0) is 38.0. The Morgan fingerprint density at radius 2 is 1.46 bits per heavy atom. The van der Waals surface area contributed by atoms with E-state index in [-0.39, 0.29) is 31.8 Å². The summed E-state index contributed by atoms with van der Waals surface area (Å²) < 4.78 is 0. The van der Waals surface area contributed by atoms with Crippen LogP contribution in [0.1, 0.15) is 44.7 Å². The molecular weight excluding hydrogens is 668 g/mol. The molecule has 0 bridgehead atoms. The van der Waals surface area contributed by atoms with Crippen molar-refractivity contribution in [2.24, 2.45) is 27.9 Å². The zero-order valence-electron chi connectivity index (χ0n) is 27.1. The Hall–Kier alpha value is -5.84. The van der Waals surface area contributed by atoms with Crippen molar-refractivity contribution in [2.75, 3.05) is 13.1 Å². The molecule has 0 spiro atoms.